The molecule has 1 aliphatic heterocycles. The highest BCUT2D eigenvalue weighted by molar-refractivity contribution is 6.40. The van der Waals surface area contributed by atoms with Crippen LogP contribution < -0.4 is 5.32 Å². The smallest absolute Gasteiger partial charge is 0.379 e. The van der Waals surface area contributed by atoms with E-state index in [0.717, 1.165) is 6.07 Å². The van der Waals surface area contributed by atoms with E-state index in [2.05, 4.69) is 10.1 Å². The van der Waals surface area contributed by atoms with Crippen molar-refractivity contribution >= 4 is 23.3 Å². The lowest BCUT2D eigenvalue weighted by molar-refractivity contribution is -0.137. The molecule has 0 fully saturated rings. The van der Waals surface area contributed by atoms with E-state index in [1.165, 1.54) is 6.07 Å². The second-order valence-electron chi connectivity index (χ2n) is 4.09. The zero-order valence-electron chi connectivity index (χ0n) is 10.3. The third-order valence-corrected chi connectivity index (χ3v) is 2.79. The van der Waals surface area contributed by atoms with Gasteiger partial charge in [-0.05, 0) is 31.0 Å². The molecule has 5 nitrogen and oxygen atoms in total. The lowest BCUT2D eigenvalue weighted by Gasteiger charge is -2.17. The van der Waals surface area contributed by atoms with E-state index in [4.69, 9.17) is 0 Å². The van der Waals surface area contributed by atoms with E-state index >= 15 is 0 Å². The Labute approximate surface area is 108 Å². The van der Waals surface area contributed by atoms with Crippen LogP contribution in [0.4, 0.5) is 10.1 Å². The molecule has 0 aromatic heterocycles. The first kappa shape index (κ1) is 13.2. The maximum absolute atomic E-state index is 13.8. The van der Waals surface area contributed by atoms with Crippen LogP contribution in [0.3, 0.4) is 0 Å². The average Bonchev–Trinajstić information content (AvgIpc) is 2.37. The van der Waals surface area contributed by atoms with Gasteiger partial charge in [-0.25, -0.2) is 9.18 Å². The number of rotatable bonds is 3. The summed E-state index contributed by atoms with van der Waals surface area (Å²) in [4.78, 5) is 34.2. The molecule has 100 valence electrons. The number of hydrogen-bond donors (Lipinski definition) is 1. The molecule has 0 unspecified atom stereocenters. The first-order chi connectivity index (χ1) is 9.02. The van der Waals surface area contributed by atoms with Crippen LogP contribution in [0.1, 0.15) is 29.3 Å². The van der Waals surface area contributed by atoms with Crippen molar-refractivity contribution in [2.45, 2.75) is 19.8 Å². The molecule has 1 heterocycles. The van der Waals surface area contributed by atoms with Crippen molar-refractivity contribution in [1.82, 2.24) is 0 Å². The van der Waals surface area contributed by atoms with E-state index in [1.807, 2.05) is 0 Å². The number of benzene rings is 1. The molecule has 1 amide bonds. The van der Waals surface area contributed by atoms with Crippen LogP contribution in [0.2, 0.25) is 0 Å². The van der Waals surface area contributed by atoms with E-state index in [-0.39, 0.29) is 24.5 Å². The number of ether oxygens (including phenoxy) is 1. The summed E-state index contributed by atoms with van der Waals surface area (Å²) in [5.74, 6) is -3.14. The number of halogens is 1. The van der Waals surface area contributed by atoms with Crippen molar-refractivity contribution in [2.75, 3.05) is 11.9 Å². The number of esters is 1. The molecule has 0 atom stereocenters. The maximum atomic E-state index is 13.8. The Morgan fingerprint density at radius 3 is 2.79 bits per heavy atom. The Hall–Kier alpha value is -2.24. The van der Waals surface area contributed by atoms with Gasteiger partial charge in [-0.15, -0.1) is 0 Å². The lowest BCUT2D eigenvalue weighted by Crippen LogP contribution is -2.22. The Morgan fingerprint density at radius 1 is 1.37 bits per heavy atom. The minimum Gasteiger partial charge on any atom is -0.460 e. The summed E-state index contributed by atoms with van der Waals surface area (Å²) in [6.07, 6.45) is 0.677. The highest BCUT2D eigenvalue weighted by Gasteiger charge is 2.25. The molecule has 0 aliphatic carbocycles. The predicted octanol–water partition coefficient (Wildman–Crippen LogP) is 1.46. The first-order valence-corrected chi connectivity index (χ1v) is 5.86. The SMILES string of the molecule is CCOC(=O)C(=O)c1cc2c(cc1F)NC(=O)CC2. The molecule has 0 saturated carbocycles. The van der Waals surface area contributed by atoms with Gasteiger partial charge in [0.05, 0.1) is 12.2 Å². The van der Waals surface area contributed by atoms with Crippen molar-refractivity contribution < 1.29 is 23.5 Å². The third-order valence-electron chi connectivity index (χ3n) is 2.79. The summed E-state index contributed by atoms with van der Waals surface area (Å²) in [6, 6.07) is 2.35. The van der Waals surface area contributed by atoms with E-state index in [9.17, 15) is 18.8 Å². The van der Waals surface area contributed by atoms with E-state index in [1.54, 1.807) is 6.92 Å². The minimum atomic E-state index is -1.08. The quantitative estimate of drug-likeness (QED) is 0.510. The van der Waals surface area contributed by atoms with Gasteiger partial charge in [-0.1, -0.05) is 0 Å². The summed E-state index contributed by atoms with van der Waals surface area (Å²) in [7, 11) is 0. The first-order valence-electron chi connectivity index (χ1n) is 5.86. The van der Waals surface area contributed by atoms with Gasteiger partial charge in [0.1, 0.15) is 5.82 Å². The Bertz CT molecular complexity index is 568. The van der Waals surface area contributed by atoms with Gasteiger partial charge >= 0.3 is 5.97 Å². The van der Waals surface area contributed by atoms with Crippen LogP contribution in [0.25, 0.3) is 0 Å². The maximum Gasteiger partial charge on any atom is 0.379 e. The Kier molecular flexibility index (Phi) is 3.59. The molecule has 1 aromatic rings. The summed E-state index contributed by atoms with van der Waals surface area (Å²) < 4.78 is 18.3. The average molecular weight is 265 g/mol. The van der Waals surface area contributed by atoms with Gasteiger partial charge in [0.25, 0.3) is 5.78 Å². The number of carbonyl (C=O) groups is 3. The summed E-state index contributed by atoms with van der Waals surface area (Å²) >= 11 is 0. The number of carbonyl (C=O) groups excluding carboxylic acids is 3. The highest BCUT2D eigenvalue weighted by atomic mass is 19.1. The number of nitrogens with one attached hydrogen (secondary N) is 1. The Balaban J connectivity index is 2.35. The van der Waals surface area contributed by atoms with Crippen LogP contribution >= 0.6 is 0 Å². The molecule has 0 saturated heterocycles. The highest BCUT2D eigenvalue weighted by Crippen LogP contribution is 2.26. The van der Waals surface area contributed by atoms with Crippen molar-refractivity contribution in [3.63, 3.8) is 0 Å². The molecule has 0 radical (unpaired) electrons. The van der Waals surface area contributed by atoms with Crippen LogP contribution in [0.15, 0.2) is 12.1 Å². The molecule has 0 bridgehead atoms. The number of anilines is 1. The minimum absolute atomic E-state index is 0.0488. The van der Waals surface area contributed by atoms with Crippen molar-refractivity contribution in [2.24, 2.45) is 0 Å². The molecule has 0 spiro atoms. The predicted molar refractivity (Wildman–Crippen MR) is 64.3 cm³/mol. The Morgan fingerprint density at radius 2 is 2.11 bits per heavy atom. The van der Waals surface area contributed by atoms with Crippen molar-refractivity contribution in [1.29, 1.82) is 0 Å². The number of hydrogen-bond acceptors (Lipinski definition) is 4. The number of aryl methyl sites for hydroxylation is 1. The number of fused-ring (bicyclic) bond motifs is 1. The van der Waals surface area contributed by atoms with Crippen LogP contribution in [-0.2, 0) is 20.7 Å². The molecule has 19 heavy (non-hydrogen) atoms. The second-order valence-corrected chi connectivity index (χ2v) is 4.09. The second kappa shape index (κ2) is 5.17. The van der Waals surface area contributed by atoms with Crippen LogP contribution in [0.5, 0.6) is 0 Å². The van der Waals surface area contributed by atoms with Crippen LogP contribution in [-0.4, -0.2) is 24.3 Å². The van der Waals surface area contributed by atoms with Gasteiger partial charge in [0.15, 0.2) is 0 Å². The van der Waals surface area contributed by atoms with Gasteiger partial charge in [0, 0.05) is 12.1 Å². The van der Waals surface area contributed by atoms with Gasteiger partial charge in [-0.3, -0.25) is 9.59 Å². The molecule has 1 aliphatic rings. The lowest BCUT2D eigenvalue weighted by atomic mass is 9.98. The fourth-order valence-electron chi connectivity index (χ4n) is 1.88. The molecule has 1 aromatic carbocycles. The van der Waals surface area contributed by atoms with E-state index in [0.29, 0.717) is 17.7 Å². The van der Waals surface area contributed by atoms with Crippen molar-refractivity contribution in [3.8, 4) is 0 Å². The number of ketones is 1. The summed E-state index contributed by atoms with van der Waals surface area (Å²) in [5.41, 5.74) is 0.649. The molecule has 2 rings (SSSR count). The van der Waals surface area contributed by atoms with Gasteiger partial charge < -0.3 is 10.1 Å². The largest absolute Gasteiger partial charge is 0.460 e. The molecular weight excluding hydrogens is 253 g/mol. The van der Waals surface area contributed by atoms with Crippen molar-refractivity contribution in [3.05, 3.63) is 29.1 Å². The van der Waals surface area contributed by atoms with Gasteiger partial charge in [-0.2, -0.15) is 0 Å². The van der Waals surface area contributed by atoms with Crippen LogP contribution in [0, 0.1) is 5.82 Å². The number of amides is 1. The zero-order valence-corrected chi connectivity index (χ0v) is 10.3. The zero-order chi connectivity index (χ0) is 14.0. The summed E-state index contributed by atoms with van der Waals surface area (Å²) in [5, 5.41) is 2.51. The fourth-order valence-corrected chi connectivity index (χ4v) is 1.88. The molecular formula is C13H12FNO4. The number of Topliss-reactive ketones (excluding diaryl/α,β-unsaturated/α-hetero) is 1. The monoisotopic (exact) mass is 265 g/mol. The summed E-state index contributed by atoms with van der Waals surface area (Å²) in [6.45, 7) is 1.61. The molecule has 1 N–H and O–H groups in total. The standard InChI is InChI=1S/C13H12FNO4/c1-2-19-13(18)12(17)8-5-7-3-4-11(16)15-10(7)6-9(8)14/h5-6H,2-4H2,1H3,(H,15,16). The molecule has 6 heteroatoms. The third kappa shape index (κ3) is 2.62. The normalized spacial score (nSPS) is 13.5. The van der Waals surface area contributed by atoms with E-state index < -0.39 is 17.6 Å². The van der Waals surface area contributed by atoms with Gasteiger partial charge in [0.2, 0.25) is 5.91 Å². The fraction of sp³-hybridized carbons (Fsp3) is 0.308. The topological polar surface area (TPSA) is 72.5 Å².